The number of ether oxygens (including phenoxy) is 1. The van der Waals surface area contributed by atoms with Crippen LogP contribution >= 0.6 is 15.9 Å². The summed E-state index contributed by atoms with van der Waals surface area (Å²) in [4.78, 5) is -0.506. The van der Waals surface area contributed by atoms with Crippen molar-refractivity contribution in [2.75, 3.05) is 11.8 Å². The first kappa shape index (κ1) is 18.6. The number of benzene rings is 2. The van der Waals surface area contributed by atoms with E-state index in [1.807, 2.05) is 12.1 Å². The van der Waals surface area contributed by atoms with Gasteiger partial charge in [-0.15, -0.1) is 0 Å². The summed E-state index contributed by atoms with van der Waals surface area (Å²) >= 11 is 3.48. The third-order valence-corrected chi connectivity index (χ3v) is 7.47. The highest BCUT2D eigenvalue weighted by atomic mass is 79.9. The standard InChI is InChI=1S/C20H16BrFN2O4S/c1-27-15-3-2-4-16(17(15)22)29(25,26)24-19-13-10-20(7-8-20)14-6-5-11(21)9-12(14)18(13)28-23-19/h2-6,9H,7-8,10H2,1H3,(H,23,24). The van der Waals surface area contributed by atoms with Gasteiger partial charge in [-0.05, 0) is 49.1 Å². The molecule has 6 nitrogen and oxygen atoms in total. The molecule has 0 radical (unpaired) electrons. The summed E-state index contributed by atoms with van der Waals surface area (Å²) in [7, 11) is -2.94. The molecule has 2 aliphatic carbocycles. The number of rotatable bonds is 4. The van der Waals surface area contributed by atoms with Crippen LogP contribution in [0.3, 0.4) is 0 Å². The molecule has 0 aliphatic heterocycles. The number of fused-ring (bicyclic) bond motifs is 4. The molecule has 0 amide bonds. The second-order valence-corrected chi connectivity index (χ2v) is 9.93. The molecule has 3 aromatic rings. The minimum Gasteiger partial charge on any atom is -0.494 e. The lowest BCUT2D eigenvalue weighted by Crippen LogP contribution is -2.20. The first-order valence-electron chi connectivity index (χ1n) is 8.99. The molecule has 1 aromatic heterocycles. The molecular formula is C20H16BrFN2O4S. The molecule has 2 aromatic carbocycles. The molecule has 9 heteroatoms. The molecule has 1 N–H and O–H groups in total. The Morgan fingerprint density at radius 1 is 1.28 bits per heavy atom. The lowest BCUT2D eigenvalue weighted by atomic mass is 9.79. The molecule has 0 unspecified atom stereocenters. The molecule has 150 valence electrons. The third-order valence-electron chi connectivity index (χ3n) is 5.62. The molecule has 1 saturated carbocycles. The van der Waals surface area contributed by atoms with Gasteiger partial charge in [0, 0.05) is 21.0 Å². The maximum Gasteiger partial charge on any atom is 0.266 e. The summed E-state index contributed by atoms with van der Waals surface area (Å²) in [5.41, 5.74) is 2.77. The fourth-order valence-electron chi connectivity index (χ4n) is 4.00. The van der Waals surface area contributed by atoms with Gasteiger partial charge >= 0.3 is 0 Å². The number of hydrogen-bond acceptors (Lipinski definition) is 5. The highest BCUT2D eigenvalue weighted by Crippen LogP contribution is 2.58. The van der Waals surface area contributed by atoms with Gasteiger partial charge in [0.05, 0.1) is 7.11 Å². The predicted octanol–water partition coefficient (Wildman–Crippen LogP) is 4.64. The number of hydrogen-bond donors (Lipinski definition) is 1. The topological polar surface area (TPSA) is 81.4 Å². The van der Waals surface area contributed by atoms with E-state index in [9.17, 15) is 12.8 Å². The normalized spacial score (nSPS) is 16.2. The van der Waals surface area contributed by atoms with Crippen molar-refractivity contribution in [3.63, 3.8) is 0 Å². The van der Waals surface area contributed by atoms with Crippen LogP contribution in [-0.4, -0.2) is 20.7 Å². The van der Waals surface area contributed by atoms with Crippen LogP contribution in [0.25, 0.3) is 11.3 Å². The van der Waals surface area contributed by atoms with Gasteiger partial charge in [0.2, 0.25) is 0 Å². The van der Waals surface area contributed by atoms with Gasteiger partial charge in [-0.25, -0.2) is 12.8 Å². The van der Waals surface area contributed by atoms with Crippen molar-refractivity contribution >= 4 is 31.8 Å². The quantitative estimate of drug-likeness (QED) is 0.590. The SMILES string of the molecule is COc1cccc(S(=O)(=O)Nc2noc3c2CC2(CC2)c2ccc(Br)cc2-3)c1F. The predicted molar refractivity (Wildman–Crippen MR) is 108 cm³/mol. The molecular weight excluding hydrogens is 463 g/mol. The van der Waals surface area contributed by atoms with Gasteiger partial charge < -0.3 is 9.26 Å². The highest BCUT2D eigenvalue weighted by molar-refractivity contribution is 9.10. The molecule has 1 spiro atoms. The summed E-state index contributed by atoms with van der Waals surface area (Å²) in [6.07, 6.45) is 2.66. The summed E-state index contributed by atoms with van der Waals surface area (Å²) < 4.78 is 54.0. The van der Waals surface area contributed by atoms with Crippen molar-refractivity contribution < 1.29 is 22.1 Å². The summed E-state index contributed by atoms with van der Waals surface area (Å²) in [5.74, 6) is -0.458. The Hall–Kier alpha value is -2.39. The molecule has 1 heterocycles. The monoisotopic (exact) mass is 478 g/mol. The number of anilines is 1. The average molecular weight is 479 g/mol. The van der Waals surface area contributed by atoms with E-state index in [-0.39, 0.29) is 17.0 Å². The van der Waals surface area contributed by atoms with Crippen LogP contribution in [0.15, 0.2) is 50.3 Å². The number of nitrogens with zero attached hydrogens (tertiary/aromatic N) is 1. The molecule has 29 heavy (non-hydrogen) atoms. The number of sulfonamides is 1. The fraction of sp³-hybridized carbons (Fsp3) is 0.250. The summed E-state index contributed by atoms with van der Waals surface area (Å²) in [5, 5.41) is 3.97. The number of methoxy groups -OCH3 is 1. The zero-order chi connectivity index (χ0) is 20.4. The van der Waals surface area contributed by atoms with Gasteiger partial charge in [-0.1, -0.05) is 33.2 Å². The van der Waals surface area contributed by atoms with Crippen LogP contribution in [0.4, 0.5) is 10.2 Å². The molecule has 0 atom stereocenters. The Labute approximate surface area is 175 Å². The average Bonchev–Trinajstić information content (AvgIpc) is 3.35. The Kier molecular flexibility index (Phi) is 4.05. The molecule has 0 saturated heterocycles. The second-order valence-electron chi connectivity index (χ2n) is 7.36. The maximum atomic E-state index is 14.5. The summed E-state index contributed by atoms with van der Waals surface area (Å²) in [6.45, 7) is 0. The third kappa shape index (κ3) is 2.86. The first-order valence-corrected chi connectivity index (χ1v) is 11.3. The van der Waals surface area contributed by atoms with E-state index in [1.54, 1.807) is 0 Å². The Morgan fingerprint density at radius 3 is 2.79 bits per heavy atom. The molecule has 2 aliphatic rings. The van der Waals surface area contributed by atoms with Crippen molar-refractivity contribution in [1.29, 1.82) is 0 Å². The van der Waals surface area contributed by atoms with Crippen LogP contribution in [0.2, 0.25) is 0 Å². The largest absolute Gasteiger partial charge is 0.494 e. The van der Waals surface area contributed by atoms with E-state index in [0.29, 0.717) is 17.7 Å². The Morgan fingerprint density at radius 2 is 2.07 bits per heavy atom. The smallest absolute Gasteiger partial charge is 0.266 e. The number of nitrogens with one attached hydrogen (secondary N) is 1. The Balaban J connectivity index is 1.58. The van der Waals surface area contributed by atoms with Crippen molar-refractivity contribution in [2.24, 2.45) is 0 Å². The maximum absolute atomic E-state index is 14.5. The van der Waals surface area contributed by atoms with Gasteiger partial charge in [0.15, 0.2) is 23.1 Å². The van der Waals surface area contributed by atoms with Crippen LogP contribution in [-0.2, 0) is 21.9 Å². The Bertz CT molecular complexity index is 1250. The lowest BCUT2D eigenvalue weighted by Gasteiger charge is -2.24. The van der Waals surface area contributed by atoms with E-state index >= 15 is 0 Å². The van der Waals surface area contributed by atoms with Crippen molar-refractivity contribution in [1.82, 2.24) is 5.16 Å². The number of halogens is 2. The van der Waals surface area contributed by atoms with Crippen LogP contribution < -0.4 is 9.46 Å². The minimum atomic E-state index is -4.22. The van der Waals surface area contributed by atoms with Crippen LogP contribution in [0.5, 0.6) is 5.75 Å². The minimum absolute atomic E-state index is 0.0179. The van der Waals surface area contributed by atoms with Gasteiger partial charge in [-0.3, -0.25) is 4.72 Å². The highest BCUT2D eigenvalue weighted by Gasteiger charge is 2.50. The molecule has 5 rings (SSSR count). The van der Waals surface area contributed by atoms with Crippen molar-refractivity contribution in [3.05, 3.63) is 57.8 Å². The molecule has 0 bridgehead atoms. The summed E-state index contributed by atoms with van der Waals surface area (Å²) in [6, 6.07) is 9.99. The zero-order valence-electron chi connectivity index (χ0n) is 15.3. The second kappa shape index (κ2) is 6.30. The fourth-order valence-corrected chi connectivity index (χ4v) is 5.48. The van der Waals surface area contributed by atoms with Crippen LogP contribution in [0, 0.1) is 5.82 Å². The first-order chi connectivity index (χ1) is 13.8. The van der Waals surface area contributed by atoms with Crippen LogP contribution in [0.1, 0.15) is 24.0 Å². The van der Waals surface area contributed by atoms with Crippen molar-refractivity contribution in [3.8, 4) is 17.1 Å². The van der Waals surface area contributed by atoms with E-state index in [4.69, 9.17) is 9.26 Å². The van der Waals surface area contributed by atoms with E-state index in [2.05, 4.69) is 31.9 Å². The number of aromatic nitrogens is 1. The zero-order valence-corrected chi connectivity index (χ0v) is 17.7. The van der Waals surface area contributed by atoms with Gasteiger partial charge in [0.25, 0.3) is 10.0 Å². The molecule has 1 fully saturated rings. The van der Waals surface area contributed by atoms with E-state index < -0.39 is 20.7 Å². The van der Waals surface area contributed by atoms with Gasteiger partial charge in [0.1, 0.15) is 4.90 Å². The van der Waals surface area contributed by atoms with Crippen molar-refractivity contribution in [2.45, 2.75) is 29.6 Å². The van der Waals surface area contributed by atoms with E-state index in [1.165, 1.54) is 30.9 Å². The van der Waals surface area contributed by atoms with E-state index in [0.717, 1.165) is 22.9 Å². The lowest BCUT2D eigenvalue weighted by molar-refractivity contribution is 0.380. The van der Waals surface area contributed by atoms with Gasteiger partial charge in [-0.2, -0.15) is 0 Å².